The van der Waals surface area contributed by atoms with Gasteiger partial charge in [-0.1, -0.05) is 17.3 Å². The van der Waals surface area contributed by atoms with Crippen LogP contribution in [0.3, 0.4) is 0 Å². The molecule has 39 heavy (non-hydrogen) atoms. The second-order valence-electron chi connectivity index (χ2n) is 9.58. The third-order valence-electron chi connectivity index (χ3n) is 6.72. The van der Waals surface area contributed by atoms with Crippen LogP contribution >= 0.6 is 11.3 Å². The summed E-state index contributed by atoms with van der Waals surface area (Å²) in [6, 6.07) is 9.16. The molecule has 0 bridgehead atoms. The first-order valence-electron chi connectivity index (χ1n) is 12.9. The summed E-state index contributed by atoms with van der Waals surface area (Å²) < 4.78 is 0. The number of fused-ring (bicyclic) bond motifs is 3. The summed E-state index contributed by atoms with van der Waals surface area (Å²) in [7, 11) is 0. The Labute approximate surface area is 232 Å². The Bertz CT molecular complexity index is 1340. The van der Waals surface area contributed by atoms with Crippen molar-refractivity contribution in [2.75, 3.05) is 11.4 Å². The normalized spacial score (nSPS) is 18.1. The highest BCUT2D eigenvalue weighted by Gasteiger charge is 2.36. The number of hydrogen-bond donors (Lipinski definition) is 1. The minimum absolute atomic E-state index is 0.0129. The SMILES string of the molecule is CCN1c2ccc(C(=O)c3cccs3)cc2C2=CC(/C(CC(C)N(OC(C)=O)C(C)O)=N/OC(C)=O)=CC[C@H]21. The summed E-state index contributed by atoms with van der Waals surface area (Å²) in [5.41, 5.74) is 4.97. The largest absolute Gasteiger partial charge is 0.375 e. The van der Waals surface area contributed by atoms with Crippen molar-refractivity contribution in [1.29, 1.82) is 0 Å². The predicted octanol–water partition coefficient (Wildman–Crippen LogP) is 4.72. The van der Waals surface area contributed by atoms with E-state index in [0.717, 1.165) is 28.9 Å². The van der Waals surface area contributed by atoms with Gasteiger partial charge in [0.1, 0.15) is 6.23 Å². The van der Waals surface area contributed by atoms with E-state index in [-0.39, 0.29) is 18.2 Å². The zero-order chi connectivity index (χ0) is 28.3. The summed E-state index contributed by atoms with van der Waals surface area (Å²) in [4.78, 5) is 49.5. The molecule has 2 aromatic rings. The van der Waals surface area contributed by atoms with Gasteiger partial charge >= 0.3 is 11.9 Å². The van der Waals surface area contributed by atoms with E-state index < -0.39 is 24.2 Å². The van der Waals surface area contributed by atoms with Gasteiger partial charge < -0.3 is 19.7 Å². The molecule has 0 saturated carbocycles. The number of carbonyl (C=O) groups excluding carboxylic acids is 3. The Balaban J connectivity index is 1.70. The Morgan fingerprint density at radius 2 is 1.97 bits per heavy atom. The predicted molar refractivity (Wildman–Crippen MR) is 150 cm³/mol. The van der Waals surface area contributed by atoms with Crippen molar-refractivity contribution in [3.8, 4) is 0 Å². The highest BCUT2D eigenvalue weighted by Crippen LogP contribution is 2.45. The lowest BCUT2D eigenvalue weighted by Crippen LogP contribution is -2.42. The molecule has 1 aromatic heterocycles. The van der Waals surface area contributed by atoms with Crippen LogP contribution in [0.5, 0.6) is 0 Å². The summed E-state index contributed by atoms with van der Waals surface area (Å²) >= 11 is 1.42. The van der Waals surface area contributed by atoms with Crippen LogP contribution in [0.2, 0.25) is 0 Å². The highest BCUT2D eigenvalue weighted by atomic mass is 32.1. The van der Waals surface area contributed by atoms with Crippen LogP contribution in [0.1, 0.15) is 68.3 Å². The lowest BCUT2D eigenvalue weighted by atomic mass is 9.88. The Morgan fingerprint density at radius 3 is 2.59 bits per heavy atom. The van der Waals surface area contributed by atoms with Gasteiger partial charge in [-0.25, -0.2) is 4.79 Å². The quantitative estimate of drug-likeness (QED) is 0.149. The molecular formula is C29H33N3O6S. The fourth-order valence-corrected chi connectivity index (χ4v) is 5.78. The maximum atomic E-state index is 13.1. The number of benzene rings is 1. The first-order chi connectivity index (χ1) is 18.6. The Hall–Kier alpha value is -3.60. The van der Waals surface area contributed by atoms with Crippen molar-refractivity contribution in [3.05, 3.63) is 69.4 Å². The number of likely N-dealkylation sites (N-methyl/N-ethyl adjacent to an activating group) is 1. The molecule has 1 aromatic carbocycles. The van der Waals surface area contributed by atoms with Crippen molar-refractivity contribution >= 4 is 46.0 Å². The number of thiophene rings is 1. The van der Waals surface area contributed by atoms with E-state index in [0.29, 0.717) is 22.6 Å². The molecule has 4 rings (SSSR count). The zero-order valence-electron chi connectivity index (χ0n) is 22.7. The number of aliphatic hydroxyl groups is 1. The molecule has 1 N–H and O–H groups in total. The van der Waals surface area contributed by atoms with Gasteiger partial charge in [-0.05, 0) is 74.1 Å². The zero-order valence-corrected chi connectivity index (χ0v) is 23.5. The molecule has 0 spiro atoms. The molecule has 0 saturated heterocycles. The number of nitrogens with zero attached hydrogens (tertiary/aromatic N) is 3. The summed E-state index contributed by atoms with van der Waals surface area (Å²) in [6.07, 6.45) is 3.94. The summed E-state index contributed by atoms with van der Waals surface area (Å²) in [5.74, 6) is -1.13. The van der Waals surface area contributed by atoms with E-state index >= 15 is 0 Å². The molecule has 10 heteroatoms. The molecule has 206 valence electrons. The van der Waals surface area contributed by atoms with Gasteiger partial charge in [0.05, 0.1) is 22.7 Å². The van der Waals surface area contributed by atoms with Crippen LogP contribution in [0.4, 0.5) is 5.69 Å². The summed E-state index contributed by atoms with van der Waals surface area (Å²) in [6.45, 7) is 8.72. The van der Waals surface area contributed by atoms with E-state index in [1.165, 1.54) is 37.2 Å². The fraction of sp³-hybridized carbons (Fsp3) is 0.379. The molecule has 9 nitrogen and oxygen atoms in total. The van der Waals surface area contributed by atoms with E-state index in [4.69, 9.17) is 9.68 Å². The topological polar surface area (TPSA) is 109 Å². The lowest BCUT2D eigenvalue weighted by molar-refractivity contribution is -0.241. The molecule has 2 heterocycles. The molecular weight excluding hydrogens is 518 g/mol. The van der Waals surface area contributed by atoms with E-state index in [9.17, 15) is 19.5 Å². The van der Waals surface area contributed by atoms with Crippen molar-refractivity contribution < 1.29 is 29.2 Å². The molecule has 2 aliphatic rings. The number of carbonyl (C=O) groups is 3. The van der Waals surface area contributed by atoms with Crippen LogP contribution in [0, 0.1) is 0 Å². The average Bonchev–Trinajstić information content (AvgIpc) is 3.54. The first-order valence-corrected chi connectivity index (χ1v) is 13.8. The highest BCUT2D eigenvalue weighted by molar-refractivity contribution is 7.12. The number of rotatable bonds is 10. The van der Waals surface area contributed by atoms with Crippen LogP contribution in [0.15, 0.2) is 58.6 Å². The smallest absolute Gasteiger partial charge is 0.331 e. The summed E-state index contributed by atoms with van der Waals surface area (Å²) in [5, 5.41) is 17.4. The maximum Gasteiger partial charge on any atom is 0.331 e. The van der Waals surface area contributed by atoms with Crippen molar-refractivity contribution in [1.82, 2.24) is 5.06 Å². The minimum atomic E-state index is -1.05. The monoisotopic (exact) mass is 551 g/mol. The van der Waals surface area contributed by atoms with Gasteiger partial charge in [-0.2, -0.15) is 0 Å². The van der Waals surface area contributed by atoms with Crippen molar-refractivity contribution in [2.45, 2.75) is 65.8 Å². The molecule has 1 aliphatic heterocycles. The second kappa shape index (κ2) is 12.1. The van der Waals surface area contributed by atoms with E-state index in [1.54, 1.807) is 6.92 Å². The molecule has 0 radical (unpaired) electrons. The van der Waals surface area contributed by atoms with Crippen LogP contribution in [-0.2, 0) is 19.3 Å². The van der Waals surface area contributed by atoms with E-state index in [1.807, 2.05) is 47.9 Å². The molecule has 2 unspecified atom stereocenters. The standard InChI is InChI=1S/C29H33N3O6S/c1-6-31-26-11-9-21(25(30-37-19(4)34)14-17(2)32(18(3)33)38-20(5)35)15-23(26)24-16-22(10-12-27(24)31)29(36)28-8-7-13-39-28/h7-10,12-13,15-18,26,33H,6,11,14H2,1-5H3/b30-25+/t17?,18?,26-/m1/s1. The van der Waals surface area contributed by atoms with Gasteiger partial charge in [0.15, 0.2) is 0 Å². The lowest BCUT2D eigenvalue weighted by Gasteiger charge is -2.30. The third kappa shape index (κ3) is 6.19. The molecule has 1 aliphatic carbocycles. The third-order valence-corrected chi connectivity index (χ3v) is 7.58. The van der Waals surface area contributed by atoms with Gasteiger partial charge in [0.2, 0.25) is 5.78 Å². The number of ketones is 1. The molecule has 3 atom stereocenters. The minimum Gasteiger partial charge on any atom is -0.375 e. The number of anilines is 1. The number of aliphatic hydroxyl groups excluding tert-OH is 1. The van der Waals surface area contributed by atoms with Gasteiger partial charge in [0.25, 0.3) is 0 Å². The molecule has 0 amide bonds. The Morgan fingerprint density at radius 1 is 1.21 bits per heavy atom. The number of hydrogen-bond acceptors (Lipinski definition) is 10. The number of allylic oxidation sites excluding steroid dienone is 2. The number of hydroxylamine groups is 2. The van der Waals surface area contributed by atoms with Gasteiger partial charge in [0, 0.05) is 43.6 Å². The fourth-order valence-electron chi connectivity index (χ4n) is 5.09. The van der Waals surface area contributed by atoms with Crippen molar-refractivity contribution in [3.63, 3.8) is 0 Å². The maximum absolute atomic E-state index is 13.1. The number of oxime groups is 1. The Kier molecular flexibility index (Phi) is 8.79. The van der Waals surface area contributed by atoms with Crippen LogP contribution in [-0.4, -0.2) is 58.5 Å². The van der Waals surface area contributed by atoms with Crippen molar-refractivity contribution in [2.24, 2.45) is 5.16 Å². The first kappa shape index (κ1) is 28.4. The molecule has 0 fully saturated rings. The van der Waals surface area contributed by atoms with Gasteiger partial charge in [-0.15, -0.1) is 16.4 Å². The van der Waals surface area contributed by atoms with Crippen LogP contribution in [0.25, 0.3) is 5.57 Å². The van der Waals surface area contributed by atoms with Crippen LogP contribution < -0.4 is 4.90 Å². The van der Waals surface area contributed by atoms with E-state index in [2.05, 4.69) is 17.0 Å². The average molecular weight is 552 g/mol. The van der Waals surface area contributed by atoms with Gasteiger partial charge in [-0.3, -0.25) is 9.59 Å². The second-order valence-corrected chi connectivity index (χ2v) is 10.5.